The van der Waals surface area contributed by atoms with Crippen molar-refractivity contribution in [2.24, 2.45) is 0 Å². The third kappa shape index (κ3) is 5.06. The van der Waals surface area contributed by atoms with E-state index in [9.17, 15) is 19.5 Å². The van der Waals surface area contributed by atoms with Gasteiger partial charge in [0.2, 0.25) is 0 Å². The van der Waals surface area contributed by atoms with E-state index >= 15 is 0 Å². The van der Waals surface area contributed by atoms with Gasteiger partial charge in [-0.05, 0) is 56.5 Å². The molecule has 2 heterocycles. The molecule has 1 amide bonds. The number of ketones is 2. The standard InChI is InChI=1S/C29H30N2O5S/c1-6-7-14-36-21-12-10-20(11-13-21)24-23(25(33)22-15-16(2)8-9-17(22)3)26(34)28(35)31(24)29-30-18(4)27(37-29)19(5)32/h8-13,15,24,33H,6-7,14H2,1-5H3/b25-23+. The molecule has 1 aliphatic heterocycles. The lowest BCUT2D eigenvalue weighted by Gasteiger charge is -2.23. The molecule has 1 aliphatic rings. The van der Waals surface area contributed by atoms with Gasteiger partial charge in [0.05, 0.1) is 28.8 Å². The Labute approximate surface area is 220 Å². The van der Waals surface area contributed by atoms with Gasteiger partial charge in [0.1, 0.15) is 11.5 Å². The fourth-order valence-corrected chi connectivity index (χ4v) is 5.36. The number of hydrogen-bond acceptors (Lipinski definition) is 7. The normalized spacial score (nSPS) is 16.9. The Kier molecular flexibility index (Phi) is 7.59. The van der Waals surface area contributed by atoms with Crippen molar-refractivity contribution in [2.45, 2.75) is 53.5 Å². The summed E-state index contributed by atoms with van der Waals surface area (Å²) < 4.78 is 5.78. The minimum atomic E-state index is -0.921. The van der Waals surface area contributed by atoms with Crippen LogP contribution >= 0.6 is 11.3 Å². The van der Waals surface area contributed by atoms with Crippen LogP contribution < -0.4 is 9.64 Å². The summed E-state index contributed by atoms with van der Waals surface area (Å²) in [6.45, 7) is 9.54. The molecule has 0 saturated carbocycles. The lowest BCUT2D eigenvalue weighted by Crippen LogP contribution is -2.29. The van der Waals surface area contributed by atoms with Gasteiger partial charge >= 0.3 is 5.91 Å². The second kappa shape index (κ2) is 10.7. The first-order chi connectivity index (χ1) is 17.6. The van der Waals surface area contributed by atoms with E-state index in [1.807, 2.05) is 26.0 Å². The van der Waals surface area contributed by atoms with E-state index in [4.69, 9.17) is 4.74 Å². The molecule has 1 saturated heterocycles. The van der Waals surface area contributed by atoms with Crippen LogP contribution in [0.25, 0.3) is 5.76 Å². The Morgan fingerprint density at radius 1 is 1.11 bits per heavy atom. The van der Waals surface area contributed by atoms with Gasteiger partial charge < -0.3 is 9.84 Å². The molecule has 0 radical (unpaired) electrons. The molecule has 2 aromatic carbocycles. The summed E-state index contributed by atoms with van der Waals surface area (Å²) in [7, 11) is 0. The number of thiazole rings is 1. The predicted molar refractivity (Wildman–Crippen MR) is 144 cm³/mol. The molecule has 3 aromatic rings. The van der Waals surface area contributed by atoms with Crippen molar-refractivity contribution in [2.75, 3.05) is 11.5 Å². The number of aliphatic hydroxyl groups excluding tert-OH is 1. The largest absolute Gasteiger partial charge is 0.507 e. The number of rotatable bonds is 8. The van der Waals surface area contributed by atoms with Crippen LogP contribution in [0.5, 0.6) is 5.75 Å². The molecule has 0 spiro atoms. The zero-order chi connectivity index (χ0) is 26.9. The summed E-state index contributed by atoms with van der Waals surface area (Å²) in [6.07, 6.45) is 1.94. The SMILES string of the molecule is CCCCOc1ccc(C2/C(=C(\O)c3cc(C)ccc3C)C(=O)C(=O)N2c2nc(C)c(C(C)=O)s2)cc1. The molecule has 4 rings (SSSR count). The number of aryl methyl sites for hydroxylation is 3. The summed E-state index contributed by atoms with van der Waals surface area (Å²) >= 11 is 1.06. The molecule has 7 nitrogen and oxygen atoms in total. The maximum atomic E-state index is 13.4. The number of unbranched alkanes of at least 4 members (excludes halogenated alkanes) is 1. The molecule has 192 valence electrons. The number of aliphatic hydroxyl groups is 1. The summed E-state index contributed by atoms with van der Waals surface area (Å²) in [5.74, 6) is -1.34. The number of aromatic nitrogens is 1. The third-order valence-electron chi connectivity index (χ3n) is 6.37. The van der Waals surface area contributed by atoms with Gasteiger partial charge in [-0.25, -0.2) is 4.98 Å². The van der Waals surface area contributed by atoms with Crippen molar-refractivity contribution in [1.82, 2.24) is 4.98 Å². The van der Waals surface area contributed by atoms with Crippen molar-refractivity contribution >= 4 is 39.7 Å². The number of carbonyl (C=O) groups excluding carboxylic acids is 3. The molecular weight excluding hydrogens is 488 g/mol. The molecular formula is C29H30N2O5S. The lowest BCUT2D eigenvalue weighted by atomic mass is 9.93. The van der Waals surface area contributed by atoms with Gasteiger partial charge in [-0.2, -0.15) is 0 Å². The van der Waals surface area contributed by atoms with E-state index in [1.165, 1.54) is 11.8 Å². The molecule has 37 heavy (non-hydrogen) atoms. The smallest absolute Gasteiger partial charge is 0.301 e. The van der Waals surface area contributed by atoms with E-state index in [1.54, 1.807) is 37.3 Å². The van der Waals surface area contributed by atoms with Crippen LogP contribution in [0.3, 0.4) is 0 Å². The summed E-state index contributed by atoms with van der Waals surface area (Å²) in [5, 5.41) is 11.7. The van der Waals surface area contributed by atoms with Crippen LogP contribution in [0.4, 0.5) is 5.13 Å². The van der Waals surface area contributed by atoms with Gasteiger partial charge in [0.15, 0.2) is 10.9 Å². The number of Topliss-reactive ketones (excluding diaryl/α,β-unsaturated/α-hetero) is 2. The highest BCUT2D eigenvalue weighted by Crippen LogP contribution is 2.44. The highest BCUT2D eigenvalue weighted by atomic mass is 32.1. The molecule has 1 aromatic heterocycles. The fourth-order valence-electron chi connectivity index (χ4n) is 4.37. The highest BCUT2D eigenvalue weighted by molar-refractivity contribution is 7.18. The molecule has 1 atom stereocenters. The van der Waals surface area contributed by atoms with E-state index in [0.717, 1.165) is 35.3 Å². The van der Waals surface area contributed by atoms with Gasteiger partial charge in [0.25, 0.3) is 5.78 Å². The lowest BCUT2D eigenvalue weighted by molar-refractivity contribution is -0.132. The van der Waals surface area contributed by atoms with Crippen LogP contribution in [0.15, 0.2) is 48.0 Å². The Bertz CT molecular complexity index is 1400. The van der Waals surface area contributed by atoms with Crippen LogP contribution in [-0.2, 0) is 9.59 Å². The Balaban J connectivity index is 1.89. The number of anilines is 1. The first-order valence-corrected chi connectivity index (χ1v) is 13.1. The third-order valence-corrected chi connectivity index (χ3v) is 7.62. The Morgan fingerprint density at radius 2 is 1.81 bits per heavy atom. The molecule has 0 bridgehead atoms. The zero-order valence-electron chi connectivity index (χ0n) is 21.6. The van der Waals surface area contributed by atoms with Gasteiger partial charge in [-0.3, -0.25) is 19.3 Å². The summed E-state index contributed by atoms with van der Waals surface area (Å²) in [4.78, 5) is 45.1. The number of amides is 1. The van der Waals surface area contributed by atoms with E-state index in [2.05, 4.69) is 11.9 Å². The Morgan fingerprint density at radius 3 is 2.43 bits per heavy atom. The number of nitrogens with zero attached hydrogens (tertiary/aromatic N) is 2. The minimum absolute atomic E-state index is 0.0180. The van der Waals surface area contributed by atoms with Gasteiger partial charge in [-0.1, -0.05) is 54.5 Å². The van der Waals surface area contributed by atoms with Crippen LogP contribution in [0, 0.1) is 20.8 Å². The van der Waals surface area contributed by atoms with Crippen molar-refractivity contribution in [3.05, 3.63) is 80.9 Å². The highest BCUT2D eigenvalue weighted by Gasteiger charge is 2.48. The topological polar surface area (TPSA) is 96.8 Å². The molecule has 0 aliphatic carbocycles. The predicted octanol–water partition coefficient (Wildman–Crippen LogP) is 6.08. The zero-order valence-corrected chi connectivity index (χ0v) is 22.4. The minimum Gasteiger partial charge on any atom is -0.507 e. The van der Waals surface area contributed by atoms with Crippen molar-refractivity contribution < 1.29 is 24.2 Å². The van der Waals surface area contributed by atoms with Gasteiger partial charge in [0, 0.05) is 12.5 Å². The molecule has 1 N–H and O–H groups in total. The summed E-state index contributed by atoms with van der Waals surface area (Å²) in [6, 6.07) is 11.8. The molecule has 8 heteroatoms. The van der Waals surface area contributed by atoms with Crippen molar-refractivity contribution in [1.29, 1.82) is 0 Å². The van der Waals surface area contributed by atoms with Crippen LogP contribution in [-0.4, -0.2) is 34.2 Å². The molecule has 1 unspecified atom stereocenters. The Hall–Kier alpha value is -3.78. The first kappa shape index (κ1) is 26.3. The van der Waals surface area contributed by atoms with Crippen molar-refractivity contribution in [3.63, 3.8) is 0 Å². The maximum absolute atomic E-state index is 13.4. The van der Waals surface area contributed by atoms with Crippen LogP contribution in [0.2, 0.25) is 0 Å². The van der Waals surface area contributed by atoms with E-state index in [0.29, 0.717) is 34.1 Å². The second-order valence-electron chi connectivity index (χ2n) is 9.23. The number of ether oxygens (including phenoxy) is 1. The number of benzene rings is 2. The van der Waals surface area contributed by atoms with E-state index < -0.39 is 17.7 Å². The summed E-state index contributed by atoms with van der Waals surface area (Å²) in [5.41, 5.74) is 3.26. The average Bonchev–Trinajstić information content (AvgIpc) is 3.38. The first-order valence-electron chi connectivity index (χ1n) is 12.2. The quantitative estimate of drug-likeness (QED) is 0.128. The second-order valence-corrected chi connectivity index (χ2v) is 10.2. The fraction of sp³-hybridized carbons (Fsp3) is 0.310. The average molecular weight is 519 g/mol. The van der Waals surface area contributed by atoms with E-state index in [-0.39, 0.29) is 22.2 Å². The van der Waals surface area contributed by atoms with Gasteiger partial charge in [-0.15, -0.1) is 0 Å². The maximum Gasteiger partial charge on any atom is 0.301 e. The molecule has 1 fully saturated rings. The van der Waals surface area contributed by atoms with Crippen molar-refractivity contribution in [3.8, 4) is 5.75 Å². The van der Waals surface area contributed by atoms with Crippen LogP contribution in [0.1, 0.15) is 70.4 Å². The monoisotopic (exact) mass is 518 g/mol. The number of hydrogen-bond donors (Lipinski definition) is 1. The number of carbonyl (C=O) groups is 3.